The summed E-state index contributed by atoms with van der Waals surface area (Å²) in [5.41, 5.74) is 1.28. The van der Waals surface area contributed by atoms with Crippen LogP contribution in [0.5, 0.6) is 0 Å². The molecule has 0 saturated heterocycles. The van der Waals surface area contributed by atoms with Gasteiger partial charge in [0, 0.05) is 18.4 Å². The van der Waals surface area contributed by atoms with Gasteiger partial charge in [-0.15, -0.1) is 0 Å². The van der Waals surface area contributed by atoms with E-state index in [-0.39, 0.29) is 5.69 Å². The van der Waals surface area contributed by atoms with Crippen molar-refractivity contribution in [2.24, 2.45) is 0 Å². The number of carbonyl (C=O) groups is 3. The first-order valence-electron chi connectivity index (χ1n) is 13.9. The fourth-order valence-electron chi connectivity index (χ4n) is 4.11. The van der Waals surface area contributed by atoms with Crippen molar-refractivity contribution in [2.75, 3.05) is 35.6 Å². The first-order chi connectivity index (χ1) is 20.0. The highest BCUT2D eigenvalue weighted by molar-refractivity contribution is 6.05. The molecule has 3 aromatic rings. The summed E-state index contributed by atoms with van der Waals surface area (Å²) >= 11 is 0. The SMILES string of the molecule is CCN(CC)CCC(NC(=O)Nc1cccc(F)c1)c1ccc(C(=O)Nc2ccccc2NC(=O)OC(C)(C)C)nc1. The standard InChI is InChI=1S/C31H39FN6O4/c1-6-38(7-2)18-17-24(36-29(40)34-23-12-10-11-22(32)19-23)21-15-16-27(33-20-21)28(39)35-25-13-8-9-14-26(25)37-30(41)42-31(3,4)5/h8-16,19-20,24H,6-7,17-18H2,1-5H3,(H,35,39)(H,37,41)(H2,34,36,40). The Kier molecular flexibility index (Phi) is 11.4. The van der Waals surface area contributed by atoms with Gasteiger partial charge in [-0.05, 0) is 82.2 Å². The van der Waals surface area contributed by atoms with Gasteiger partial charge in [0.15, 0.2) is 0 Å². The number of anilines is 3. The molecule has 224 valence electrons. The van der Waals surface area contributed by atoms with Gasteiger partial charge in [0.1, 0.15) is 17.1 Å². The first kappa shape index (κ1) is 32.0. The number of para-hydroxylation sites is 2. The molecule has 0 bridgehead atoms. The lowest BCUT2D eigenvalue weighted by Crippen LogP contribution is -2.35. The predicted octanol–water partition coefficient (Wildman–Crippen LogP) is 6.41. The molecule has 0 aliphatic rings. The number of nitrogens with one attached hydrogen (secondary N) is 4. The summed E-state index contributed by atoms with van der Waals surface area (Å²) in [6, 6.07) is 14.8. The number of benzene rings is 2. The second-order valence-electron chi connectivity index (χ2n) is 10.6. The van der Waals surface area contributed by atoms with Crippen LogP contribution < -0.4 is 21.3 Å². The van der Waals surface area contributed by atoms with Crippen molar-refractivity contribution in [2.45, 2.75) is 52.7 Å². The number of rotatable bonds is 11. The third-order valence-electron chi connectivity index (χ3n) is 6.25. The maximum atomic E-state index is 13.6. The Bertz CT molecular complexity index is 1360. The molecule has 1 aromatic heterocycles. The van der Waals surface area contributed by atoms with Crippen LogP contribution in [0.4, 0.5) is 31.0 Å². The highest BCUT2D eigenvalue weighted by Gasteiger charge is 2.20. The summed E-state index contributed by atoms with van der Waals surface area (Å²) < 4.78 is 18.9. The number of urea groups is 1. The van der Waals surface area contributed by atoms with Crippen LogP contribution in [0.2, 0.25) is 0 Å². The van der Waals surface area contributed by atoms with Crippen LogP contribution in [0.1, 0.15) is 63.1 Å². The Labute approximate surface area is 246 Å². The fourth-order valence-corrected chi connectivity index (χ4v) is 4.11. The monoisotopic (exact) mass is 578 g/mol. The largest absolute Gasteiger partial charge is 0.444 e. The molecule has 1 heterocycles. The van der Waals surface area contributed by atoms with Crippen molar-refractivity contribution in [1.29, 1.82) is 0 Å². The zero-order valence-electron chi connectivity index (χ0n) is 24.7. The number of carbonyl (C=O) groups excluding carboxylic acids is 3. The Morgan fingerprint density at radius 3 is 2.21 bits per heavy atom. The van der Waals surface area contributed by atoms with Crippen molar-refractivity contribution >= 4 is 35.1 Å². The van der Waals surface area contributed by atoms with Crippen LogP contribution in [0.15, 0.2) is 66.9 Å². The smallest absolute Gasteiger partial charge is 0.412 e. The number of ether oxygens (including phenoxy) is 1. The minimum atomic E-state index is -0.674. The first-order valence-corrected chi connectivity index (χ1v) is 13.9. The maximum Gasteiger partial charge on any atom is 0.412 e. The lowest BCUT2D eigenvalue weighted by atomic mass is 10.0. The minimum absolute atomic E-state index is 0.150. The van der Waals surface area contributed by atoms with Crippen molar-refractivity contribution in [3.8, 4) is 0 Å². The maximum absolute atomic E-state index is 13.6. The Hall–Kier alpha value is -4.51. The van der Waals surface area contributed by atoms with Crippen molar-refractivity contribution in [3.05, 3.63) is 83.9 Å². The summed E-state index contributed by atoms with van der Waals surface area (Å²) in [6.07, 6.45) is 1.50. The quantitative estimate of drug-likeness (QED) is 0.208. The third kappa shape index (κ3) is 10.2. The van der Waals surface area contributed by atoms with E-state index in [9.17, 15) is 18.8 Å². The number of pyridine rings is 1. The van der Waals surface area contributed by atoms with Crippen LogP contribution in [0.3, 0.4) is 0 Å². The lowest BCUT2D eigenvalue weighted by molar-refractivity contribution is 0.0635. The van der Waals surface area contributed by atoms with Gasteiger partial charge in [0.2, 0.25) is 0 Å². The Morgan fingerprint density at radius 2 is 1.62 bits per heavy atom. The van der Waals surface area contributed by atoms with Crippen molar-refractivity contribution < 1.29 is 23.5 Å². The van der Waals surface area contributed by atoms with Crippen LogP contribution in [0, 0.1) is 5.82 Å². The van der Waals surface area contributed by atoms with E-state index in [1.54, 1.807) is 69.4 Å². The normalized spacial score (nSPS) is 11.9. The molecule has 0 spiro atoms. The third-order valence-corrected chi connectivity index (χ3v) is 6.25. The summed E-state index contributed by atoms with van der Waals surface area (Å²) in [6.45, 7) is 11.9. The molecule has 1 atom stereocenters. The van der Waals surface area contributed by atoms with E-state index in [2.05, 4.69) is 45.0 Å². The number of hydrogen-bond acceptors (Lipinski definition) is 6. The average Bonchev–Trinajstić information content (AvgIpc) is 2.93. The van der Waals surface area contributed by atoms with E-state index in [0.717, 1.165) is 19.6 Å². The number of aromatic nitrogens is 1. The minimum Gasteiger partial charge on any atom is -0.444 e. The molecule has 1 unspecified atom stereocenters. The van der Waals surface area contributed by atoms with E-state index in [0.29, 0.717) is 29.0 Å². The molecule has 4 amide bonds. The molecule has 0 aliphatic carbocycles. The summed E-state index contributed by atoms with van der Waals surface area (Å²) in [7, 11) is 0. The van der Waals surface area contributed by atoms with Crippen molar-refractivity contribution in [1.82, 2.24) is 15.2 Å². The Morgan fingerprint density at radius 1 is 0.929 bits per heavy atom. The van der Waals surface area contributed by atoms with Crippen LogP contribution in [-0.4, -0.2) is 53.2 Å². The van der Waals surface area contributed by atoms with Gasteiger partial charge < -0.3 is 25.6 Å². The molecule has 11 heteroatoms. The highest BCUT2D eigenvalue weighted by atomic mass is 19.1. The number of nitrogens with zero attached hydrogens (tertiary/aromatic N) is 2. The van der Waals surface area contributed by atoms with Crippen LogP contribution in [0.25, 0.3) is 0 Å². The van der Waals surface area contributed by atoms with E-state index < -0.39 is 35.5 Å². The lowest BCUT2D eigenvalue weighted by Gasteiger charge is -2.24. The van der Waals surface area contributed by atoms with Gasteiger partial charge in [0.05, 0.1) is 17.4 Å². The van der Waals surface area contributed by atoms with Crippen molar-refractivity contribution in [3.63, 3.8) is 0 Å². The topological polar surface area (TPSA) is 125 Å². The van der Waals surface area contributed by atoms with E-state index in [1.807, 2.05) is 0 Å². The summed E-state index contributed by atoms with van der Waals surface area (Å²) in [4.78, 5) is 44.6. The number of hydrogen-bond donors (Lipinski definition) is 4. The average molecular weight is 579 g/mol. The number of halogens is 1. The summed E-state index contributed by atoms with van der Waals surface area (Å²) in [5.74, 6) is -0.927. The molecule has 42 heavy (non-hydrogen) atoms. The molecule has 10 nitrogen and oxygen atoms in total. The molecule has 0 aliphatic heterocycles. The molecule has 0 saturated carbocycles. The number of amides is 4. The molecular formula is C31H39FN6O4. The zero-order chi connectivity index (χ0) is 30.7. The van der Waals surface area contributed by atoms with Crippen LogP contribution in [-0.2, 0) is 4.74 Å². The molecule has 3 rings (SSSR count). The molecule has 4 N–H and O–H groups in total. The van der Waals surface area contributed by atoms with Gasteiger partial charge in [-0.3, -0.25) is 15.1 Å². The summed E-state index contributed by atoms with van der Waals surface area (Å²) in [5, 5.41) is 11.0. The zero-order valence-corrected chi connectivity index (χ0v) is 24.7. The van der Waals surface area contributed by atoms with Gasteiger partial charge in [0.25, 0.3) is 5.91 Å². The molecule has 0 radical (unpaired) electrons. The van der Waals surface area contributed by atoms with Gasteiger partial charge in [-0.1, -0.05) is 38.1 Å². The highest BCUT2D eigenvalue weighted by Crippen LogP contribution is 2.23. The fraction of sp³-hybridized carbons (Fsp3) is 0.355. The van der Waals surface area contributed by atoms with Gasteiger partial charge >= 0.3 is 12.1 Å². The molecular weight excluding hydrogens is 539 g/mol. The predicted molar refractivity (Wildman–Crippen MR) is 162 cm³/mol. The Balaban J connectivity index is 1.72. The van der Waals surface area contributed by atoms with E-state index >= 15 is 0 Å². The van der Waals surface area contributed by atoms with E-state index in [4.69, 9.17) is 4.74 Å². The van der Waals surface area contributed by atoms with Gasteiger partial charge in [-0.2, -0.15) is 0 Å². The molecule has 0 fully saturated rings. The second kappa shape index (κ2) is 14.9. The van der Waals surface area contributed by atoms with E-state index in [1.165, 1.54) is 18.2 Å². The molecule has 2 aromatic carbocycles. The van der Waals surface area contributed by atoms with Gasteiger partial charge in [-0.25, -0.2) is 14.0 Å². The second-order valence-corrected chi connectivity index (χ2v) is 10.6. The van der Waals surface area contributed by atoms with Crippen LogP contribution >= 0.6 is 0 Å².